The van der Waals surface area contributed by atoms with Gasteiger partial charge in [-0.3, -0.25) is 4.79 Å². The Bertz CT molecular complexity index is 1030. The predicted molar refractivity (Wildman–Crippen MR) is 83.5 cm³/mol. The quantitative estimate of drug-likeness (QED) is 0.499. The lowest BCUT2D eigenvalue weighted by atomic mass is 10.0. The molecule has 21 heavy (non-hydrogen) atoms. The molecule has 0 aliphatic rings. The van der Waals surface area contributed by atoms with E-state index in [0.717, 1.165) is 21.9 Å². The van der Waals surface area contributed by atoms with Crippen LogP contribution in [0.25, 0.3) is 32.9 Å². The summed E-state index contributed by atoms with van der Waals surface area (Å²) in [5.74, 6) is 0.0788. The van der Waals surface area contributed by atoms with Crippen LogP contribution in [0.2, 0.25) is 0 Å². The zero-order chi connectivity index (χ0) is 14.4. The zero-order valence-electron chi connectivity index (χ0n) is 11.1. The van der Waals surface area contributed by atoms with Crippen LogP contribution >= 0.6 is 0 Å². The number of phenolic OH excluding ortho intramolecular Hbond substituents is 1. The van der Waals surface area contributed by atoms with Gasteiger partial charge in [0.15, 0.2) is 0 Å². The molecule has 0 amide bonds. The van der Waals surface area contributed by atoms with E-state index in [9.17, 15) is 9.90 Å². The fourth-order valence-electron chi connectivity index (χ4n) is 2.71. The zero-order valence-corrected chi connectivity index (χ0v) is 11.1. The third-order valence-corrected chi connectivity index (χ3v) is 3.74. The Morgan fingerprint density at radius 1 is 0.952 bits per heavy atom. The first-order chi connectivity index (χ1) is 10.2. The van der Waals surface area contributed by atoms with Crippen LogP contribution < -0.4 is 5.56 Å². The van der Waals surface area contributed by atoms with Crippen molar-refractivity contribution >= 4 is 21.8 Å². The smallest absolute Gasteiger partial charge is 0.256 e. The summed E-state index contributed by atoms with van der Waals surface area (Å²) in [4.78, 5) is 18.3. The molecule has 4 nitrogen and oxygen atoms in total. The highest BCUT2D eigenvalue weighted by Crippen LogP contribution is 2.29. The molecule has 4 rings (SSSR count). The van der Waals surface area contributed by atoms with Crippen LogP contribution in [-0.2, 0) is 0 Å². The maximum atomic E-state index is 12.3. The third kappa shape index (κ3) is 1.73. The van der Waals surface area contributed by atoms with Gasteiger partial charge < -0.3 is 15.1 Å². The predicted octanol–water partition coefficient (Wildman–Crippen LogP) is 3.38. The molecule has 0 atom stereocenters. The van der Waals surface area contributed by atoms with Gasteiger partial charge in [-0.15, -0.1) is 0 Å². The monoisotopic (exact) mass is 276 g/mol. The lowest BCUT2D eigenvalue weighted by Gasteiger charge is -2.04. The molecule has 0 aliphatic carbocycles. The van der Waals surface area contributed by atoms with Crippen LogP contribution in [0, 0.1) is 0 Å². The number of aromatic hydroxyl groups is 1. The van der Waals surface area contributed by atoms with E-state index in [1.807, 2.05) is 42.6 Å². The number of hydrogen-bond donors (Lipinski definition) is 3. The average Bonchev–Trinajstić information content (AvgIpc) is 2.92. The molecule has 4 aromatic rings. The second-order valence-electron chi connectivity index (χ2n) is 5.00. The number of para-hydroxylation sites is 2. The molecule has 4 heteroatoms. The van der Waals surface area contributed by atoms with E-state index in [4.69, 9.17) is 0 Å². The van der Waals surface area contributed by atoms with Crippen LogP contribution in [0.1, 0.15) is 0 Å². The molecular weight excluding hydrogens is 264 g/mol. The highest BCUT2D eigenvalue weighted by Gasteiger charge is 2.11. The van der Waals surface area contributed by atoms with Gasteiger partial charge in [0.05, 0.1) is 5.52 Å². The Hall–Kier alpha value is -3.01. The van der Waals surface area contributed by atoms with E-state index in [-0.39, 0.29) is 11.3 Å². The van der Waals surface area contributed by atoms with Crippen molar-refractivity contribution in [3.05, 3.63) is 65.1 Å². The number of fused-ring (bicyclic) bond motifs is 2. The molecule has 0 unspecified atom stereocenters. The van der Waals surface area contributed by atoms with Crippen molar-refractivity contribution in [2.24, 2.45) is 0 Å². The van der Waals surface area contributed by atoms with Gasteiger partial charge >= 0.3 is 0 Å². The first kappa shape index (κ1) is 11.8. The average molecular weight is 276 g/mol. The Morgan fingerprint density at radius 2 is 1.81 bits per heavy atom. The number of H-pyrrole nitrogens is 2. The molecule has 0 aliphatic heterocycles. The summed E-state index contributed by atoms with van der Waals surface area (Å²) >= 11 is 0. The summed E-state index contributed by atoms with van der Waals surface area (Å²) in [5.41, 5.74) is 2.69. The van der Waals surface area contributed by atoms with Crippen LogP contribution in [-0.4, -0.2) is 15.1 Å². The summed E-state index contributed by atoms with van der Waals surface area (Å²) in [6.45, 7) is 0. The minimum Gasteiger partial charge on any atom is -0.506 e. The number of nitrogens with one attached hydrogen (secondary N) is 2. The Labute approximate surface area is 119 Å². The molecule has 0 saturated carbocycles. The first-order valence-electron chi connectivity index (χ1n) is 6.65. The summed E-state index contributed by atoms with van der Waals surface area (Å²) in [6.07, 6.45) is 1.84. The normalized spacial score (nSPS) is 11.2. The lowest BCUT2D eigenvalue weighted by molar-refractivity contribution is 0.480. The Balaban J connectivity index is 2.07. The van der Waals surface area contributed by atoms with Crippen molar-refractivity contribution in [2.75, 3.05) is 0 Å². The third-order valence-electron chi connectivity index (χ3n) is 3.74. The number of phenols is 1. The highest BCUT2D eigenvalue weighted by atomic mass is 16.3. The number of rotatable bonds is 1. The number of hydrogen-bond acceptors (Lipinski definition) is 2. The maximum absolute atomic E-state index is 12.3. The largest absolute Gasteiger partial charge is 0.506 e. The first-order valence-corrected chi connectivity index (χ1v) is 6.65. The van der Waals surface area contributed by atoms with Crippen molar-refractivity contribution in [2.45, 2.75) is 0 Å². The highest BCUT2D eigenvalue weighted by molar-refractivity contribution is 5.97. The van der Waals surface area contributed by atoms with Gasteiger partial charge in [0.1, 0.15) is 5.75 Å². The molecule has 2 heterocycles. The van der Waals surface area contributed by atoms with Crippen molar-refractivity contribution in [1.29, 1.82) is 0 Å². The maximum Gasteiger partial charge on any atom is 0.256 e. The summed E-state index contributed by atoms with van der Waals surface area (Å²) < 4.78 is 0. The van der Waals surface area contributed by atoms with Gasteiger partial charge in [0.2, 0.25) is 0 Å². The minimum absolute atomic E-state index is 0.0788. The molecule has 0 fully saturated rings. The molecule has 0 radical (unpaired) electrons. The van der Waals surface area contributed by atoms with Gasteiger partial charge in [0, 0.05) is 33.6 Å². The summed E-state index contributed by atoms with van der Waals surface area (Å²) in [6, 6.07) is 14.8. The summed E-state index contributed by atoms with van der Waals surface area (Å²) in [5, 5.41) is 11.6. The number of benzene rings is 2. The van der Waals surface area contributed by atoms with Crippen molar-refractivity contribution in [3.63, 3.8) is 0 Å². The van der Waals surface area contributed by atoms with Gasteiger partial charge in [-0.2, -0.15) is 0 Å². The Kier molecular flexibility index (Phi) is 2.38. The van der Waals surface area contributed by atoms with E-state index in [2.05, 4.69) is 9.97 Å². The van der Waals surface area contributed by atoms with Crippen molar-refractivity contribution < 1.29 is 5.11 Å². The van der Waals surface area contributed by atoms with Gasteiger partial charge in [-0.1, -0.05) is 30.3 Å². The van der Waals surface area contributed by atoms with E-state index in [0.29, 0.717) is 11.1 Å². The molecule has 3 N–H and O–H groups in total. The molecule has 102 valence electrons. The number of aromatic nitrogens is 2. The number of aromatic amines is 2. The van der Waals surface area contributed by atoms with Crippen molar-refractivity contribution in [1.82, 2.24) is 9.97 Å². The topological polar surface area (TPSA) is 68.9 Å². The van der Waals surface area contributed by atoms with Crippen LogP contribution in [0.3, 0.4) is 0 Å². The van der Waals surface area contributed by atoms with Gasteiger partial charge in [0.25, 0.3) is 5.56 Å². The van der Waals surface area contributed by atoms with E-state index in [1.54, 1.807) is 12.1 Å². The fraction of sp³-hybridized carbons (Fsp3) is 0. The molecule has 0 bridgehead atoms. The van der Waals surface area contributed by atoms with Gasteiger partial charge in [-0.05, 0) is 18.2 Å². The van der Waals surface area contributed by atoms with Gasteiger partial charge in [-0.25, -0.2) is 0 Å². The second kappa shape index (κ2) is 4.24. The lowest BCUT2D eigenvalue weighted by Crippen LogP contribution is -2.08. The second-order valence-corrected chi connectivity index (χ2v) is 5.00. The van der Waals surface area contributed by atoms with Crippen molar-refractivity contribution in [3.8, 4) is 16.9 Å². The van der Waals surface area contributed by atoms with E-state index < -0.39 is 0 Å². The van der Waals surface area contributed by atoms with Crippen LogP contribution in [0.5, 0.6) is 5.75 Å². The molecule has 0 saturated heterocycles. The SMILES string of the molecule is O=c1[nH]c2c(O)cccc2cc1-c1c[nH]c2ccccc12. The van der Waals surface area contributed by atoms with Crippen LogP contribution in [0.4, 0.5) is 0 Å². The molecular formula is C17H12N2O2. The number of pyridine rings is 1. The Morgan fingerprint density at radius 3 is 2.71 bits per heavy atom. The van der Waals surface area contributed by atoms with E-state index in [1.165, 1.54) is 0 Å². The molecule has 2 aromatic carbocycles. The molecule has 2 aromatic heterocycles. The minimum atomic E-state index is -0.214. The molecule has 0 spiro atoms. The standard InChI is InChI=1S/C17H12N2O2/c20-15-7-3-4-10-8-12(17(21)19-16(10)15)13-9-18-14-6-2-1-5-11(13)14/h1-9,18,20H,(H,19,21). The van der Waals surface area contributed by atoms with Crippen LogP contribution in [0.15, 0.2) is 59.5 Å². The van der Waals surface area contributed by atoms with E-state index >= 15 is 0 Å². The fourth-order valence-corrected chi connectivity index (χ4v) is 2.71. The summed E-state index contributed by atoms with van der Waals surface area (Å²) in [7, 11) is 0.